The molecule has 3 nitrogen and oxygen atoms in total. The van der Waals surface area contributed by atoms with E-state index in [4.69, 9.17) is 15.2 Å². The van der Waals surface area contributed by atoms with Crippen LogP contribution in [0.3, 0.4) is 0 Å². The topological polar surface area (TPSA) is 60.7 Å². The minimum atomic E-state index is -1.44. The molecule has 0 aliphatic rings. The molecule has 4 heteroatoms. The molecule has 0 radical (unpaired) electrons. The standard InChI is InChI=1S/C3H7BO3/c5-3-1-2-4(6)7/h1-2,5-7H,3H2/b2-1+. The van der Waals surface area contributed by atoms with E-state index in [0.29, 0.717) is 0 Å². The number of rotatable bonds is 2. The maximum atomic E-state index is 8.04. The third-order valence-electron chi connectivity index (χ3n) is 0.414. The van der Waals surface area contributed by atoms with Crippen LogP contribution in [-0.2, 0) is 0 Å². The summed E-state index contributed by atoms with van der Waals surface area (Å²) in [6.45, 7) is -0.155. The highest BCUT2D eigenvalue weighted by Crippen LogP contribution is 1.70. The van der Waals surface area contributed by atoms with Gasteiger partial charge in [0, 0.05) is 0 Å². The number of hydrogen-bond acceptors (Lipinski definition) is 3. The predicted octanol–water partition coefficient (Wildman–Crippen LogP) is -1.45. The third-order valence-corrected chi connectivity index (χ3v) is 0.414. The quantitative estimate of drug-likeness (QED) is 0.373. The summed E-state index contributed by atoms with van der Waals surface area (Å²) in [5.41, 5.74) is 0. The fourth-order valence-corrected chi connectivity index (χ4v) is 0.183. The maximum absolute atomic E-state index is 8.04. The molecule has 0 amide bonds. The van der Waals surface area contributed by atoms with Gasteiger partial charge in [0.1, 0.15) is 0 Å². The Hall–Kier alpha value is -0.315. The average molecular weight is 102 g/mol. The molecule has 0 aromatic carbocycles. The normalized spacial score (nSPS) is 10.1. The molecule has 0 spiro atoms. The Kier molecular flexibility index (Phi) is 3.69. The first-order valence-corrected chi connectivity index (χ1v) is 1.91. The van der Waals surface area contributed by atoms with Crippen molar-refractivity contribution in [3.8, 4) is 0 Å². The second kappa shape index (κ2) is 3.86. The number of aliphatic hydroxyl groups is 1. The van der Waals surface area contributed by atoms with Crippen LogP contribution in [0.25, 0.3) is 0 Å². The van der Waals surface area contributed by atoms with E-state index in [1.54, 1.807) is 0 Å². The molecular weight excluding hydrogens is 94.8 g/mol. The first kappa shape index (κ1) is 6.68. The Balaban J connectivity index is 3.08. The van der Waals surface area contributed by atoms with Crippen LogP contribution >= 0.6 is 0 Å². The fraction of sp³-hybridized carbons (Fsp3) is 0.333. The maximum Gasteiger partial charge on any atom is 0.480 e. The van der Waals surface area contributed by atoms with Crippen LogP contribution in [-0.4, -0.2) is 28.9 Å². The van der Waals surface area contributed by atoms with Crippen LogP contribution in [0, 0.1) is 0 Å². The molecule has 0 aliphatic carbocycles. The van der Waals surface area contributed by atoms with E-state index in [1.807, 2.05) is 0 Å². The highest BCUT2D eigenvalue weighted by molar-refractivity contribution is 6.47. The van der Waals surface area contributed by atoms with E-state index in [0.717, 1.165) is 5.98 Å². The molecule has 7 heavy (non-hydrogen) atoms. The zero-order valence-electron chi connectivity index (χ0n) is 3.78. The molecule has 0 unspecified atom stereocenters. The van der Waals surface area contributed by atoms with Gasteiger partial charge < -0.3 is 15.2 Å². The van der Waals surface area contributed by atoms with Crippen LogP contribution in [0.2, 0.25) is 0 Å². The van der Waals surface area contributed by atoms with Gasteiger partial charge >= 0.3 is 7.12 Å². The lowest BCUT2D eigenvalue weighted by molar-refractivity contribution is 0.342. The minimum absolute atomic E-state index is 0.155. The molecule has 0 fully saturated rings. The fourth-order valence-electron chi connectivity index (χ4n) is 0.183. The lowest BCUT2D eigenvalue weighted by atomic mass is 9.92. The smallest absolute Gasteiger partial charge is 0.424 e. The molecule has 0 saturated carbocycles. The molecule has 0 aromatic rings. The second-order valence-electron chi connectivity index (χ2n) is 1.02. The molecule has 0 bridgehead atoms. The Labute approximate surface area is 42.1 Å². The highest BCUT2D eigenvalue weighted by Gasteiger charge is 1.94. The lowest BCUT2D eigenvalue weighted by Crippen LogP contribution is -2.05. The second-order valence-corrected chi connectivity index (χ2v) is 1.02. The van der Waals surface area contributed by atoms with Crippen LogP contribution in [0.4, 0.5) is 0 Å². The van der Waals surface area contributed by atoms with Gasteiger partial charge in [-0.3, -0.25) is 0 Å². The van der Waals surface area contributed by atoms with Crippen molar-refractivity contribution in [2.75, 3.05) is 6.61 Å². The molecule has 3 N–H and O–H groups in total. The largest absolute Gasteiger partial charge is 0.480 e. The van der Waals surface area contributed by atoms with Crippen molar-refractivity contribution in [2.45, 2.75) is 0 Å². The molecule has 0 heterocycles. The summed E-state index contributed by atoms with van der Waals surface area (Å²) < 4.78 is 0. The summed E-state index contributed by atoms with van der Waals surface area (Å²) in [6, 6.07) is 0. The first-order valence-electron chi connectivity index (χ1n) is 1.91. The van der Waals surface area contributed by atoms with Gasteiger partial charge in [0.05, 0.1) is 6.61 Å². The van der Waals surface area contributed by atoms with Gasteiger partial charge in [0.25, 0.3) is 0 Å². The van der Waals surface area contributed by atoms with Crippen molar-refractivity contribution in [1.82, 2.24) is 0 Å². The third kappa shape index (κ3) is 5.68. The van der Waals surface area contributed by atoms with Gasteiger partial charge in [-0.2, -0.15) is 0 Å². The van der Waals surface area contributed by atoms with Crippen molar-refractivity contribution in [3.63, 3.8) is 0 Å². The van der Waals surface area contributed by atoms with Crippen LogP contribution < -0.4 is 0 Å². The van der Waals surface area contributed by atoms with E-state index >= 15 is 0 Å². The molecule has 0 aromatic heterocycles. The summed E-state index contributed by atoms with van der Waals surface area (Å²) in [5.74, 6) is 1.08. The highest BCUT2D eigenvalue weighted by atomic mass is 16.4. The molecule has 0 aliphatic heterocycles. The Morgan fingerprint density at radius 1 is 1.43 bits per heavy atom. The van der Waals surface area contributed by atoms with Crippen LogP contribution in [0.5, 0.6) is 0 Å². The zero-order valence-corrected chi connectivity index (χ0v) is 3.78. The van der Waals surface area contributed by atoms with Gasteiger partial charge in [0.15, 0.2) is 0 Å². The summed E-state index contributed by atoms with van der Waals surface area (Å²) in [5, 5.41) is 24.1. The monoisotopic (exact) mass is 102 g/mol. The van der Waals surface area contributed by atoms with Crippen molar-refractivity contribution in [2.24, 2.45) is 0 Å². The summed E-state index contributed by atoms with van der Waals surface area (Å²) in [4.78, 5) is 0. The average Bonchev–Trinajstić information content (AvgIpc) is 1.61. The van der Waals surface area contributed by atoms with E-state index in [1.165, 1.54) is 6.08 Å². The predicted molar refractivity (Wildman–Crippen MR) is 26.4 cm³/mol. The van der Waals surface area contributed by atoms with Gasteiger partial charge in [0.2, 0.25) is 0 Å². The van der Waals surface area contributed by atoms with Gasteiger partial charge in [-0.05, 0) is 0 Å². The van der Waals surface area contributed by atoms with Crippen molar-refractivity contribution in [3.05, 3.63) is 12.1 Å². The molecule has 0 atom stereocenters. The van der Waals surface area contributed by atoms with Crippen molar-refractivity contribution < 1.29 is 15.2 Å². The summed E-state index contributed by atoms with van der Waals surface area (Å²) in [7, 11) is -1.44. The van der Waals surface area contributed by atoms with E-state index in [9.17, 15) is 0 Å². The molecule has 0 saturated heterocycles. The Morgan fingerprint density at radius 3 is 2.14 bits per heavy atom. The van der Waals surface area contributed by atoms with Gasteiger partial charge in [-0.1, -0.05) is 12.1 Å². The number of aliphatic hydroxyl groups excluding tert-OH is 1. The summed E-state index contributed by atoms with van der Waals surface area (Å²) >= 11 is 0. The molecule has 40 valence electrons. The zero-order chi connectivity index (χ0) is 5.70. The van der Waals surface area contributed by atoms with E-state index in [-0.39, 0.29) is 6.61 Å². The minimum Gasteiger partial charge on any atom is -0.424 e. The first-order chi connectivity index (χ1) is 3.27. The Bertz CT molecular complexity index is 61.2. The summed E-state index contributed by atoms with van der Waals surface area (Å²) in [6.07, 6.45) is 1.25. The SMILES string of the molecule is OC/C=C/B(O)O. The number of hydrogen-bond donors (Lipinski definition) is 3. The van der Waals surface area contributed by atoms with Crippen LogP contribution in [0.1, 0.15) is 0 Å². The van der Waals surface area contributed by atoms with Gasteiger partial charge in [-0.25, -0.2) is 0 Å². The lowest BCUT2D eigenvalue weighted by Gasteiger charge is -1.81. The Morgan fingerprint density at radius 2 is 2.00 bits per heavy atom. The van der Waals surface area contributed by atoms with Crippen molar-refractivity contribution in [1.29, 1.82) is 0 Å². The van der Waals surface area contributed by atoms with E-state index in [2.05, 4.69) is 0 Å². The van der Waals surface area contributed by atoms with Gasteiger partial charge in [-0.15, -0.1) is 0 Å². The molecular formula is C3H7BO3. The molecule has 0 rings (SSSR count). The van der Waals surface area contributed by atoms with E-state index < -0.39 is 7.12 Å². The van der Waals surface area contributed by atoms with Crippen LogP contribution in [0.15, 0.2) is 12.1 Å². The van der Waals surface area contributed by atoms with Crippen molar-refractivity contribution >= 4 is 7.12 Å².